The molecule has 1 fully saturated rings. The number of carbonyl (C=O) groups is 2. The molecule has 28 heavy (non-hydrogen) atoms. The second-order valence-electron chi connectivity index (χ2n) is 8.76. The first-order valence-corrected chi connectivity index (χ1v) is 12.6. The van der Waals surface area contributed by atoms with Crippen LogP contribution in [0, 0.1) is 11.3 Å². The summed E-state index contributed by atoms with van der Waals surface area (Å²) < 4.78 is 13.8. The maximum Gasteiger partial charge on any atom is 0.412 e. The largest absolute Gasteiger partial charge is 0.445 e. The average molecular weight is 408 g/mol. The highest BCUT2D eigenvalue weighted by atomic mass is 28.3. The van der Waals surface area contributed by atoms with E-state index in [4.69, 9.17) is 9.16 Å². The molecule has 0 spiro atoms. The van der Waals surface area contributed by atoms with Gasteiger partial charge in [-0.1, -0.05) is 33.4 Å². The minimum absolute atomic E-state index is 0.0420. The normalized spacial score (nSPS) is 22.5. The molecule has 156 valence electrons. The molecule has 1 aliphatic heterocycles. The Morgan fingerprint density at radius 1 is 1.46 bits per heavy atom. The van der Waals surface area contributed by atoms with Gasteiger partial charge in [0.2, 0.25) is 0 Å². The molecule has 0 unspecified atom stereocenters. The number of hydrogen-bond donors (Lipinski definition) is 0. The van der Waals surface area contributed by atoms with E-state index in [1.54, 1.807) is 23.5 Å². The molecular formula is C20H33N3O4Si. The van der Waals surface area contributed by atoms with E-state index in [1.807, 2.05) is 4.57 Å². The smallest absolute Gasteiger partial charge is 0.412 e. The van der Waals surface area contributed by atoms with Crippen LogP contribution in [0.4, 0.5) is 4.79 Å². The molecule has 0 aliphatic carbocycles. The zero-order valence-corrected chi connectivity index (χ0v) is 18.8. The van der Waals surface area contributed by atoms with Gasteiger partial charge in [-0.05, 0) is 30.8 Å². The van der Waals surface area contributed by atoms with Gasteiger partial charge in [-0.2, -0.15) is 0 Å². The van der Waals surface area contributed by atoms with Crippen LogP contribution in [0.3, 0.4) is 0 Å². The van der Waals surface area contributed by atoms with Gasteiger partial charge in [-0.3, -0.25) is 9.69 Å². The average Bonchev–Trinajstić information content (AvgIpc) is 3.22. The fraction of sp³-hybridized carbons (Fsp3) is 0.650. The van der Waals surface area contributed by atoms with Crippen molar-refractivity contribution in [1.82, 2.24) is 14.5 Å². The molecular weight excluding hydrogens is 374 g/mol. The second-order valence-corrected chi connectivity index (χ2v) is 11.1. The van der Waals surface area contributed by atoms with Gasteiger partial charge in [0, 0.05) is 25.7 Å². The summed E-state index contributed by atoms with van der Waals surface area (Å²) in [6.07, 6.45) is 6.67. The van der Waals surface area contributed by atoms with E-state index in [-0.39, 0.29) is 18.1 Å². The van der Waals surface area contributed by atoms with E-state index in [9.17, 15) is 9.59 Å². The van der Waals surface area contributed by atoms with Crippen LogP contribution in [0.15, 0.2) is 25.2 Å². The van der Waals surface area contributed by atoms with Crippen molar-refractivity contribution in [2.45, 2.75) is 59.0 Å². The standard InChI is InChI=1S/C20H33N3O4Si/c1-7-10-26-18(25)23-12-16(19(2,3)4)11-20(23,27-28(5)6)8-9-22-13-17(14-24)21-15-22/h7,13-16,28H,1,8-12H2,2-6H3/t16-,20-/m0/s1. The van der Waals surface area contributed by atoms with Gasteiger partial charge in [0.1, 0.15) is 18.0 Å². The summed E-state index contributed by atoms with van der Waals surface area (Å²) in [5.41, 5.74) is -0.267. The van der Waals surface area contributed by atoms with Crippen LogP contribution in [0.1, 0.15) is 44.1 Å². The van der Waals surface area contributed by atoms with Crippen LogP contribution < -0.4 is 0 Å². The summed E-state index contributed by atoms with van der Waals surface area (Å²) in [5.74, 6) is 0.296. The van der Waals surface area contributed by atoms with Crippen LogP contribution in [-0.2, 0) is 15.7 Å². The molecule has 1 aromatic rings. The zero-order valence-electron chi connectivity index (χ0n) is 17.7. The molecule has 2 heterocycles. The molecule has 2 rings (SSSR count). The number of aryl methyl sites for hydroxylation is 1. The molecule has 7 nitrogen and oxygen atoms in total. The number of rotatable bonds is 8. The van der Waals surface area contributed by atoms with Gasteiger partial charge in [0.05, 0.1) is 6.33 Å². The number of nitrogens with zero attached hydrogens (tertiary/aromatic N) is 3. The number of aromatic nitrogens is 2. The highest BCUT2D eigenvalue weighted by Gasteiger charge is 2.52. The fourth-order valence-electron chi connectivity index (χ4n) is 3.69. The van der Waals surface area contributed by atoms with Crippen LogP contribution >= 0.6 is 0 Å². The molecule has 8 heteroatoms. The van der Waals surface area contributed by atoms with Crippen molar-refractivity contribution >= 4 is 21.4 Å². The number of imidazole rings is 1. The lowest BCUT2D eigenvalue weighted by Gasteiger charge is -2.39. The minimum atomic E-state index is -1.46. The van der Waals surface area contributed by atoms with Crippen molar-refractivity contribution in [3.8, 4) is 0 Å². The van der Waals surface area contributed by atoms with Gasteiger partial charge < -0.3 is 13.7 Å². The van der Waals surface area contributed by atoms with Crippen molar-refractivity contribution < 1.29 is 18.8 Å². The summed E-state index contributed by atoms with van der Waals surface area (Å²) in [6, 6.07) is 0. The van der Waals surface area contributed by atoms with Crippen molar-refractivity contribution in [2.75, 3.05) is 13.2 Å². The van der Waals surface area contributed by atoms with Crippen LogP contribution in [0.2, 0.25) is 13.1 Å². The van der Waals surface area contributed by atoms with Crippen molar-refractivity contribution in [3.05, 3.63) is 30.9 Å². The highest BCUT2D eigenvalue weighted by Crippen LogP contribution is 2.45. The number of carbonyl (C=O) groups excluding carboxylic acids is 2. The molecule has 0 N–H and O–H groups in total. The Morgan fingerprint density at radius 2 is 2.18 bits per heavy atom. The highest BCUT2D eigenvalue weighted by molar-refractivity contribution is 6.48. The molecule has 0 aromatic carbocycles. The van der Waals surface area contributed by atoms with Crippen molar-refractivity contribution in [3.63, 3.8) is 0 Å². The molecule has 0 saturated carbocycles. The maximum atomic E-state index is 12.9. The Hall–Kier alpha value is -1.93. The van der Waals surface area contributed by atoms with Gasteiger partial charge in [0.15, 0.2) is 15.3 Å². The summed E-state index contributed by atoms with van der Waals surface area (Å²) in [7, 11) is -1.46. The van der Waals surface area contributed by atoms with Crippen molar-refractivity contribution in [2.24, 2.45) is 11.3 Å². The van der Waals surface area contributed by atoms with E-state index in [0.717, 1.165) is 12.7 Å². The lowest BCUT2D eigenvalue weighted by atomic mass is 9.78. The quantitative estimate of drug-likeness (QED) is 0.375. The fourth-order valence-corrected chi connectivity index (χ4v) is 4.91. The Kier molecular flexibility index (Phi) is 7.22. The molecule has 1 saturated heterocycles. The number of hydrogen-bond acceptors (Lipinski definition) is 5. The zero-order chi connectivity index (χ0) is 20.9. The van der Waals surface area contributed by atoms with E-state index in [0.29, 0.717) is 31.1 Å². The first-order valence-electron chi connectivity index (χ1n) is 9.81. The van der Waals surface area contributed by atoms with Crippen LogP contribution in [0.25, 0.3) is 0 Å². The minimum Gasteiger partial charge on any atom is -0.445 e. The molecule has 2 atom stereocenters. The monoisotopic (exact) mass is 407 g/mol. The molecule has 1 aromatic heterocycles. The SMILES string of the molecule is C=CCOC(=O)N1C[C@@H](C(C)(C)C)C[C@]1(CCn1cnc(C=O)c1)O[SiH](C)C. The number of ether oxygens (including phenoxy) is 1. The summed E-state index contributed by atoms with van der Waals surface area (Å²) in [6.45, 7) is 15.8. The predicted molar refractivity (Wildman–Crippen MR) is 111 cm³/mol. The lowest BCUT2D eigenvalue weighted by molar-refractivity contribution is -0.0600. The first-order chi connectivity index (χ1) is 13.1. The van der Waals surface area contributed by atoms with E-state index in [1.165, 1.54) is 0 Å². The summed E-state index contributed by atoms with van der Waals surface area (Å²) in [4.78, 5) is 29.6. The second kappa shape index (κ2) is 9.04. The maximum absolute atomic E-state index is 12.9. The van der Waals surface area contributed by atoms with Gasteiger partial charge >= 0.3 is 6.09 Å². The third kappa shape index (κ3) is 5.32. The van der Waals surface area contributed by atoms with E-state index in [2.05, 4.69) is 45.4 Å². The Labute approximate surface area is 169 Å². The summed E-state index contributed by atoms with van der Waals surface area (Å²) >= 11 is 0. The molecule has 1 aliphatic rings. The predicted octanol–water partition coefficient (Wildman–Crippen LogP) is 3.47. The summed E-state index contributed by atoms with van der Waals surface area (Å²) in [5, 5.41) is 0. The Morgan fingerprint density at radius 3 is 2.71 bits per heavy atom. The molecule has 0 bridgehead atoms. The number of aldehydes is 1. The lowest BCUT2D eigenvalue weighted by Crippen LogP contribution is -2.52. The first kappa shape index (κ1) is 22.4. The van der Waals surface area contributed by atoms with Crippen molar-refractivity contribution in [1.29, 1.82) is 0 Å². The Balaban J connectivity index is 2.31. The van der Waals surface area contributed by atoms with Gasteiger partial charge in [0.25, 0.3) is 0 Å². The number of likely N-dealkylation sites (tertiary alicyclic amines) is 1. The van der Waals surface area contributed by atoms with Crippen LogP contribution in [-0.4, -0.2) is 54.7 Å². The topological polar surface area (TPSA) is 73.7 Å². The van der Waals surface area contributed by atoms with E-state index >= 15 is 0 Å². The number of amides is 1. The van der Waals surface area contributed by atoms with Gasteiger partial charge in [-0.25, -0.2) is 9.78 Å². The van der Waals surface area contributed by atoms with Gasteiger partial charge in [-0.15, -0.1) is 0 Å². The van der Waals surface area contributed by atoms with Crippen LogP contribution in [0.5, 0.6) is 0 Å². The third-order valence-corrected chi connectivity index (χ3v) is 6.13. The van der Waals surface area contributed by atoms with E-state index < -0.39 is 14.8 Å². The third-order valence-electron chi connectivity index (χ3n) is 5.22. The molecule has 0 radical (unpaired) electrons. The molecule has 1 amide bonds. The Bertz CT molecular complexity index is 698.